The number of aromatic carboxylic acids is 1. The lowest BCUT2D eigenvalue weighted by molar-refractivity contribution is 0.0690. The first-order chi connectivity index (χ1) is 9.82. The van der Waals surface area contributed by atoms with E-state index in [0.717, 1.165) is 16.9 Å². The third kappa shape index (κ3) is 3.24. The predicted molar refractivity (Wildman–Crippen MR) is 80.9 cm³/mol. The van der Waals surface area contributed by atoms with Gasteiger partial charge < -0.3 is 9.84 Å². The second-order valence-electron chi connectivity index (χ2n) is 5.87. The Morgan fingerprint density at radius 1 is 1.33 bits per heavy atom. The average Bonchev–Trinajstić information content (AvgIpc) is 2.88. The molecule has 2 aromatic rings. The highest BCUT2D eigenvalue weighted by molar-refractivity contribution is 5.86. The van der Waals surface area contributed by atoms with E-state index >= 15 is 0 Å². The monoisotopic (exact) mass is 288 g/mol. The molecule has 0 fully saturated rings. The maximum absolute atomic E-state index is 10.9. The molecule has 0 radical (unpaired) electrons. The zero-order valence-corrected chi connectivity index (χ0v) is 12.7. The largest absolute Gasteiger partial charge is 0.494 e. The summed E-state index contributed by atoms with van der Waals surface area (Å²) in [6, 6.07) is 7.34. The fourth-order valence-corrected chi connectivity index (χ4v) is 2.14. The maximum Gasteiger partial charge on any atom is 0.353 e. The Bertz CT molecular complexity index is 654. The molecule has 0 unspecified atom stereocenters. The SMILES string of the molecule is CCOc1ccc(-c2cc(C(=O)O)[nH]n2)cc1C(C)(C)C. The minimum absolute atomic E-state index is 0.0769. The van der Waals surface area contributed by atoms with Crippen LogP contribution >= 0.6 is 0 Å². The molecule has 0 atom stereocenters. The molecule has 1 aromatic heterocycles. The van der Waals surface area contributed by atoms with Crippen molar-refractivity contribution in [3.8, 4) is 17.0 Å². The van der Waals surface area contributed by atoms with Crippen LogP contribution in [-0.2, 0) is 5.41 Å². The van der Waals surface area contributed by atoms with Gasteiger partial charge >= 0.3 is 5.97 Å². The zero-order chi connectivity index (χ0) is 15.6. The minimum atomic E-state index is -1.02. The molecule has 0 aliphatic carbocycles. The van der Waals surface area contributed by atoms with Crippen molar-refractivity contribution in [1.29, 1.82) is 0 Å². The van der Waals surface area contributed by atoms with E-state index in [9.17, 15) is 4.79 Å². The van der Waals surface area contributed by atoms with E-state index in [1.807, 2.05) is 25.1 Å². The molecule has 1 aromatic carbocycles. The van der Waals surface area contributed by atoms with Crippen LogP contribution in [0.3, 0.4) is 0 Å². The molecule has 0 spiro atoms. The lowest BCUT2D eigenvalue weighted by Crippen LogP contribution is -2.13. The van der Waals surface area contributed by atoms with Crippen LogP contribution in [0.25, 0.3) is 11.3 Å². The summed E-state index contributed by atoms with van der Waals surface area (Å²) < 4.78 is 5.68. The zero-order valence-electron chi connectivity index (χ0n) is 12.7. The molecule has 0 amide bonds. The summed E-state index contributed by atoms with van der Waals surface area (Å²) in [5.74, 6) is -0.168. The summed E-state index contributed by atoms with van der Waals surface area (Å²) in [4.78, 5) is 10.9. The van der Waals surface area contributed by atoms with E-state index in [1.165, 1.54) is 6.07 Å². The lowest BCUT2D eigenvalue weighted by Gasteiger charge is -2.23. The third-order valence-electron chi connectivity index (χ3n) is 3.19. The van der Waals surface area contributed by atoms with E-state index in [4.69, 9.17) is 9.84 Å². The first-order valence-electron chi connectivity index (χ1n) is 6.89. The number of aromatic amines is 1. The molecule has 5 nitrogen and oxygen atoms in total. The Morgan fingerprint density at radius 3 is 2.57 bits per heavy atom. The number of carboxylic acids is 1. The van der Waals surface area contributed by atoms with Crippen LogP contribution in [0.15, 0.2) is 24.3 Å². The van der Waals surface area contributed by atoms with Gasteiger partial charge in [-0.05, 0) is 36.6 Å². The molecular formula is C16H20N2O3. The number of nitrogens with one attached hydrogen (secondary N) is 1. The normalized spacial score (nSPS) is 11.4. The molecule has 0 saturated carbocycles. The van der Waals surface area contributed by atoms with Gasteiger partial charge in [0, 0.05) is 11.1 Å². The summed E-state index contributed by atoms with van der Waals surface area (Å²) in [5, 5.41) is 15.5. The fraction of sp³-hybridized carbons (Fsp3) is 0.375. The summed E-state index contributed by atoms with van der Waals surface area (Å²) >= 11 is 0. The van der Waals surface area contributed by atoms with Crippen molar-refractivity contribution in [2.75, 3.05) is 6.61 Å². The van der Waals surface area contributed by atoms with Crippen molar-refractivity contribution < 1.29 is 14.6 Å². The minimum Gasteiger partial charge on any atom is -0.494 e. The van der Waals surface area contributed by atoms with Crippen molar-refractivity contribution in [1.82, 2.24) is 10.2 Å². The van der Waals surface area contributed by atoms with Crippen molar-refractivity contribution >= 4 is 5.97 Å². The summed E-state index contributed by atoms with van der Waals surface area (Å²) in [5.41, 5.74) is 2.55. The quantitative estimate of drug-likeness (QED) is 0.903. The molecule has 2 rings (SSSR count). The number of aromatic nitrogens is 2. The van der Waals surface area contributed by atoms with Crippen LogP contribution in [0, 0.1) is 0 Å². The molecule has 5 heteroatoms. The molecule has 21 heavy (non-hydrogen) atoms. The van der Waals surface area contributed by atoms with Gasteiger partial charge in [-0.2, -0.15) is 5.10 Å². The van der Waals surface area contributed by atoms with E-state index in [0.29, 0.717) is 12.3 Å². The van der Waals surface area contributed by atoms with E-state index in [2.05, 4.69) is 31.0 Å². The number of H-pyrrole nitrogens is 1. The summed E-state index contributed by atoms with van der Waals surface area (Å²) in [7, 11) is 0. The maximum atomic E-state index is 10.9. The number of hydrogen-bond donors (Lipinski definition) is 2. The highest BCUT2D eigenvalue weighted by Crippen LogP contribution is 2.34. The van der Waals surface area contributed by atoms with Crippen LogP contribution in [0.5, 0.6) is 5.75 Å². The van der Waals surface area contributed by atoms with Gasteiger partial charge in [-0.3, -0.25) is 5.10 Å². The van der Waals surface area contributed by atoms with Crippen LogP contribution in [-0.4, -0.2) is 27.9 Å². The number of carbonyl (C=O) groups is 1. The third-order valence-corrected chi connectivity index (χ3v) is 3.19. The van der Waals surface area contributed by atoms with E-state index in [-0.39, 0.29) is 11.1 Å². The molecule has 0 saturated heterocycles. The lowest BCUT2D eigenvalue weighted by atomic mass is 9.85. The number of carboxylic acid groups (broad SMARTS) is 1. The van der Waals surface area contributed by atoms with Gasteiger partial charge in [0.2, 0.25) is 0 Å². The molecule has 112 valence electrons. The summed E-state index contributed by atoms with van der Waals surface area (Å²) in [6.45, 7) is 8.90. The Balaban J connectivity index is 2.47. The van der Waals surface area contributed by atoms with Crippen LogP contribution in [0.4, 0.5) is 0 Å². The summed E-state index contributed by atoms with van der Waals surface area (Å²) in [6.07, 6.45) is 0. The number of benzene rings is 1. The van der Waals surface area contributed by atoms with Crippen LogP contribution < -0.4 is 4.74 Å². The van der Waals surface area contributed by atoms with Gasteiger partial charge in [0.25, 0.3) is 0 Å². The van der Waals surface area contributed by atoms with Gasteiger partial charge in [-0.25, -0.2) is 4.79 Å². The Kier molecular flexibility index (Phi) is 4.02. The van der Waals surface area contributed by atoms with Crippen LogP contribution in [0.2, 0.25) is 0 Å². The Hall–Kier alpha value is -2.30. The van der Waals surface area contributed by atoms with Gasteiger partial charge in [0.05, 0.1) is 12.3 Å². The smallest absolute Gasteiger partial charge is 0.353 e. The number of nitrogens with zero attached hydrogens (tertiary/aromatic N) is 1. The Labute approximate surface area is 124 Å². The van der Waals surface area contributed by atoms with Crippen molar-refractivity contribution in [2.24, 2.45) is 0 Å². The van der Waals surface area contributed by atoms with Gasteiger partial charge in [0.15, 0.2) is 0 Å². The first kappa shape index (κ1) is 15.1. The molecule has 0 bridgehead atoms. The van der Waals surface area contributed by atoms with Crippen LogP contribution in [0.1, 0.15) is 43.7 Å². The van der Waals surface area contributed by atoms with Gasteiger partial charge in [-0.15, -0.1) is 0 Å². The van der Waals surface area contributed by atoms with Gasteiger partial charge in [0.1, 0.15) is 11.4 Å². The number of hydrogen-bond acceptors (Lipinski definition) is 3. The molecular weight excluding hydrogens is 268 g/mol. The highest BCUT2D eigenvalue weighted by Gasteiger charge is 2.20. The average molecular weight is 288 g/mol. The van der Waals surface area contributed by atoms with Crippen molar-refractivity contribution in [2.45, 2.75) is 33.1 Å². The molecule has 1 heterocycles. The van der Waals surface area contributed by atoms with Crippen molar-refractivity contribution in [3.05, 3.63) is 35.5 Å². The fourth-order valence-electron chi connectivity index (χ4n) is 2.14. The molecule has 0 aliphatic rings. The second kappa shape index (κ2) is 5.60. The highest BCUT2D eigenvalue weighted by atomic mass is 16.5. The van der Waals surface area contributed by atoms with E-state index in [1.54, 1.807) is 0 Å². The number of rotatable bonds is 4. The first-order valence-corrected chi connectivity index (χ1v) is 6.89. The Morgan fingerprint density at radius 2 is 2.05 bits per heavy atom. The van der Waals surface area contributed by atoms with Gasteiger partial charge in [-0.1, -0.05) is 20.8 Å². The molecule has 2 N–H and O–H groups in total. The number of ether oxygens (including phenoxy) is 1. The second-order valence-corrected chi connectivity index (χ2v) is 5.87. The van der Waals surface area contributed by atoms with E-state index < -0.39 is 5.97 Å². The topological polar surface area (TPSA) is 75.2 Å². The van der Waals surface area contributed by atoms with Crippen molar-refractivity contribution in [3.63, 3.8) is 0 Å². The standard InChI is InChI=1S/C16H20N2O3/c1-5-21-14-7-6-10(8-11(14)16(2,3)4)12-9-13(15(19)20)18-17-12/h6-9H,5H2,1-4H3,(H,17,18)(H,19,20). The molecule has 0 aliphatic heterocycles. The predicted octanol–water partition coefficient (Wildman–Crippen LogP) is 3.47.